The van der Waals surface area contributed by atoms with Gasteiger partial charge in [0, 0.05) is 27.7 Å². The molecule has 0 bridgehead atoms. The number of aryl methyl sites for hydroxylation is 1. The van der Waals surface area contributed by atoms with Crippen molar-refractivity contribution in [1.29, 1.82) is 0 Å². The van der Waals surface area contributed by atoms with E-state index in [9.17, 15) is 4.79 Å². The molecule has 1 fully saturated rings. The van der Waals surface area contributed by atoms with Gasteiger partial charge in [-0.3, -0.25) is 0 Å². The van der Waals surface area contributed by atoms with Crippen LogP contribution < -0.4 is 4.74 Å². The number of hydrogen-bond acceptors (Lipinski definition) is 5. The largest absolute Gasteiger partial charge is 0.568 e. The third-order valence-electron chi connectivity index (χ3n) is 2.40. The molecule has 0 N–H and O–H groups in total. The van der Waals surface area contributed by atoms with Crippen molar-refractivity contribution in [2.45, 2.75) is 19.4 Å². The van der Waals surface area contributed by atoms with E-state index in [1.807, 2.05) is 12.1 Å². The SMILES string of the molecule is CCc1ccc(OC(=O)OCOCC2[CH-]O2)cc1.[W]. The van der Waals surface area contributed by atoms with E-state index >= 15 is 0 Å². The number of ether oxygens (including phenoxy) is 4. The van der Waals surface area contributed by atoms with Crippen molar-refractivity contribution < 1.29 is 44.8 Å². The summed E-state index contributed by atoms with van der Waals surface area (Å²) in [5, 5.41) is 0. The Morgan fingerprint density at radius 2 is 2.05 bits per heavy atom. The van der Waals surface area contributed by atoms with E-state index in [-0.39, 0.29) is 34.0 Å². The van der Waals surface area contributed by atoms with E-state index < -0.39 is 6.16 Å². The molecule has 0 radical (unpaired) electrons. The number of carbonyl (C=O) groups excluding carboxylic acids is 1. The van der Waals surface area contributed by atoms with E-state index in [2.05, 4.69) is 6.92 Å². The van der Waals surface area contributed by atoms with Crippen LogP contribution in [0.25, 0.3) is 0 Å². The summed E-state index contributed by atoms with van der Waals surface area (Å²) in [5.41, 5.74) is 1.18. The molecule has 6 heteroatoms. The van der Waals surface area contributed by atoms with Crippen LogP contribution in [0.2, 0.25) is 0 Å². The minimum Gasteiger partial charge on any atom is -0.568 e. The first kappa shape index (κ1) is 16.2. The number of epoxide rings is 1. The molecule has 104 valence electrons. The summed E-state index contributed by atoms with van der Waals surface area (Å²) in [5.74, 6) is 0.455. The van der Waals surface area contributed by atoms with Crippen molar-refractivity contribution in [3.05, 3.63) is 36.4 Å². The van der Waals surface area contributed by atoms with Gasteiger partial charge < -0.3 is 18.9 Å². The maximum absolute atomic E-state index is 11.3. The average Bonchev–Trinajstić information content (AvgIpc) is 3.20. The summed E-state index contributed by atoms with van der Waals surface area (Å²) in [6.07, 6.45) is 0.199. The molecular weight excluding hydrogens is 420 g/mol. The van der Waals surface area contributed by atoms with Crippen LogP contribution >= 0.6 is 0 Å². The van der Waals surface area contributed by atoms with Crippen LogP contribution in [-0.2, 0) is 41.7 Å². The van der Waals surface area contributed by atoms with Gasteiger partial charge in [-0.15, -0.1) is 0 Å². The van der Waals surface area contributed by atoms with E-state index in [4.69, 9.17) is 18.9 Å². The molecule has 5 nitrogen and oxygen atoms in total. The topological polar surface area (TPSA) is 57.3 Å². The summed E-state index contributed by atoms with van der Waals surface area (Å²) in [6.45, 7) is 3.95. The predicted octanol–water partition coefficient (Wildman–Crippen LogP) is 2.30. The first-order valence-electron chi connectivity index (χ1n) is 5.78. The molecule has 0 aromatic heterocycles. The molecule has 1 saturated heterocycles. The summed E-state index contributed by atoms with van der Waals surface area (Å²) in [6, 6.07) is 7.26. The van der Waals surface area contributed by atoms with E-state index in [0.717, 1.165) is 6.42 Å². The van der Waals surface area contributed by atoms with E-state index in [1.165, 1.54) is 5.56 Å². The van der Waals surface area contributed by atoms with Crippen LogP contribution in [0.3, 0.4) is 0 Å². The van der Waals surface area contributed by atoms with Crippen LogP contribution in [0.1, 0.15) is 12.5 Å². The zero-order valence-corrected chi connectivity index (χ0v) is 13.5. The van der Waals surface area contributed by atoms with E-state index in [0.29, 0.717) is 12.4 Å². The second kappa shape index (κ2) is 8.31. The zero-order valence-electron chi connectivity index (χ0n) is 10.5. The molecule has 0 spiro atoms. The van der Waals surface area contributed by atoms with E-state index in [1.54, 1.807) is 18.7 Å². The quantitative estimate of drug-likeness (QED) is 0.172. The monoisotopic (exact) mass is 435 g/mol. The van der Waals surface area contributed by atoms with Gasteiger partial charge >= 0.3 is 6.16 Å². The first-order chi connectivity index (χ1) is 8.78. The van der Waals surface area contributed by atoms with Gasteiger partial charge in [-0.25, -0.2) is 4.79 Å². The van der Waals surface area contributed by atoms with Crippen molar-refractivity contribution in [3.8, 4) is 5.75 Å². The number of benzene rings is 1. The summed E-state index contributed by atoms with van der Waals surface area (Å²) in [4.78, 5) is 11.3. The van der Waals surface area contributed by atoms with Gasteiger partial charge in [0.2, 0.25) is 0 Å². The maximum Gasteiger partial charge on any atom is 0.515 e. The molecule has 19 heavy (non-hydrogen) atoms. The molecule has 1 atom stereocenters. The first-order valence-corrected chi connectivity index (χ1v) is 5.78. The summed E-state index contributed by atoms with van der Waals surface area (Å²) >= 11 is 0. The second-order valence-corrected chi connectivity index (χ2v) is 3.79. The van der Waals surface area contributed by atoms with Crippen LogP contribution in [0.4, 0.5) is 4.79 Å². The second-order valence-electron chi connectivity index (χ2n) is 3.79. The standard InChI is InChI=1S/C13H15O5.W/c1-2-10-3-5-11(6-4-10)18-13(14)17-9-15-7-12-8-16-12;/h3-6,8,12H,2,7,9H2,1H3;/q-1;. The number of carbonyl (C=O) groups is 1. The Morgan fingerprint density at radius 1 is 1.37 bits per heavy atom. The normalized spacial score (nSPS) is 16.4. The molecule has 2 rings (SSSR count). The van der Waals surface area contributed by atoms with Crippen LogP contribution in [-0.4, -0.2) is 25.7 Å². The Morgan fingerprint density at radius 3 is 2.63 bits per heavy atom. The van der Waals surface area contributed by atoms with Crippen LogP contribution in [0, 0.1) is 6.61 Å². The molecule has 1 aromatic rings. The Hall–Kier alpha value is -0.902. The van der Waals surface area contributed by atoms with Crippen molar-refractivity contribution in [1.82, 2.24) is 0 Å². The fraction of sp³-hybridized carbons (Fsp3) is 0.385. The molecular formula is C13H15O5W-. The molecule has 1 heterocycles. The minimum absolute atomic E-state index is 0. The fourth-order valence-corrected chi connectivity index (χ4v) is 1.31. The van der Waals surface area contributed by atoms with Gasteiger partial charge in [-0.05, 0) is 24.1 Å². The molecule has 0 aliphatic carbocycles. The van der Waals surface area contributed by atoms with Gasteiger partial charge in [0.15, 0.2) is 6.79 Å². The molecule has 1 unspecified atom stereocenters. The van der Waals surface area contributed by atoms with Gasteiger partial charge in [0.1, 0.15) is 5.75 Å². The molecule has 0 amide bonds. The third-order valence-corrected chi connectivity index (χ3v) is 2.40. The smallest absolute Gasteiger partial charge is 0.515 e. The summed E-state index contributed by atoms with van der Waals surface area (Å²) in [7, 11) is 0. The molecule has 0 saturated carbocycles. The fourth-order valence-electron chi connectivity index (χ4n) is 1.31. The van der Waals surface area contributed by atoms with Crippen molar-refractivity contribution in [3.63, 3.8) is 0 Å². The van der Waals surface area contributed by atoms with Crippen molar-refractivity contribution >= 4 is 6.16 Å². The molecule has 1 aromatic carbocycles. The number of hydrogen-bond donors (Lipinski definition) is 0. The zero-order chi connectivity index (χ0) is 12.8. The van der Waals surface area contributed by atoms with Crippen molar-refractivity contribution in [2.75, 3.05) is 13.4 Å². The van der Waals surface area contributed by atoms with Gasteiger partial charge in [0.05, 0.1) is 0 Å². The Bertz CT molecular complexity index is 389. The van der Waals surface area contributed by atoms with Gasteiger partial charge in [0.25, 0.3) is 0 Å². The van der Waals surface area contributed by atoms with Crippen LogP contribution in [0.5, 0.6) is 5.75 Å². The molecule has 1 aliphatic heterocycles. The average molecular weight is 435 g/mol. The van der Waals surface area contributed by atoms with Crippen LogP contribution in [0.15, 0.2) is 24.3 Å². The predicted molar refractivity (Wildman–Crippen MR) is 62.9 cm³/mol. The maximum atomic E-state index is 11.3. The summed E-state index contributed by atoms with van der Waals surface area (Å²) < 4.78 is 19.5. The molecule has 1 aliphatic rings. The van der Waals surface area contributed by atoms with Crippen molar-refractivity contribution in [2.24, 2.45) is 0 Å². The van der Waals surface area contributed by atoms with Gasteiger partial charge in [-0.2, -0.15) is 6.61 Å². The third kappa shape index (κ3) is 6.19. The Kier molecular flexibility index (Phi) is 7.06. The van der Waals surface area contributed by atoms with Gasteiger partial charge in [-0.1, -0.05) is 25.2 Å². The Balaban J connectivity index is 0.00000180. The Labute approximate surface area is 126 Å². The minimum atomic E-state index is -0.778. The number of rotatable bonds is 6.